The first kappa shape index (κ1) is 28.9. The van der Waals surface area contributed by atoms with Crippen molar-refractivity contribution in [3.05, 3.63) is 75.2 Å². The molecule has 1 aliphatic heterocycles. The third-order valence-corrected chi connectivity index (χ3v) is 8.32. The van der Waals surface area contributed by atoms with E-state index in [1.54, 1.807) is 24.3 Å². The number of rotatable bonds is 6. The van der Waals surface area contributed by atoms with Gasteiger partial charge in [0.15, 0.2) is 29.7 Å². The van der Waals surface area contributed by atoms with Gasteiger partial charge in [0, 0.05) is 53.5 Å². The number of nitrogens with one attached hydrogen (secondary N) is 1. The first-order valence-corrected chi connectivity index (χ1v) is 14.2. The van der Waals surface area contributed by atoms with Gasteiger partial charge in [-0.3, -0.25) is 14.4 Å². The molecule has 0 radical (unpaired) electrons. The molecule has 0 bridgehead atoms. The molecule has 5 rings (SSSR count). The van der Waals surface area contributed by atoms with Crippen molar-refractivity contribution in [2.24, 2.45) is 10.8 Å². The minimum Gasteiger partial charge on any atom is -0.493 e. The van der Waals surface area contributed by atoms with Crippen LogP contribution in [0.25, 0.3) is 0 Å². The predicted octanol–water partition coefficient (Wildman–Crippen LogP) is 7.07. The molecule has 3 aliphatic rings. The minimum absolute atomic E-state index is 0.00222. The zero-order valence-electron chi connectivity index (χ0n) is 24.4. The van der Waals surface area contributed by atoms with Crippen molar-refractivity contribution in [3.63, 3.8) is 0 Å². The summed E-state index contributed by atoms with van der Waals surface area (Å²) in [4.78, 5) is 39.7. The summed E-state index contributed by atoms with van der Waals surface area (Å²) in [6.45, 7) is 9.89. The fourth-order valence-corrected chi connectivity index (χ4v) is 6.18. The van der Waals surface area contributed by atoms with E-state index in [4.69, 9.17) is 25.8 Å². The second-order valence-electron chi connectivity index (χ2n) is 12.8. The van der Waals surface area contributed by atoms with Crippen molar-refractivity contribution >= 4 is 34.8 Å². The highest BCUT2D eigenvalue weighted by molar-refractivity contribution is 6.31. The van der Waals surface area contributed by atoms with Crippen LogP contribution in [0.1, 0.15) is 70.4 Å². The Morgan fingerprint density at radius 2 is 1.54 bits per heavy atom. The van der Waals surface area contributed by atoms with E-state index < -0.39 is 5.92 Å². The molecule has 0 spiro atoms. The predicted molar refractivity (Wildman–Crippen MR) is 157 cm³/mol. The number of ether oxygens (including phenoxy) is 3. The number of carbonyl (C=O) groups is 3. The van der Waals surface area contributed by atoms with Crippen LogP contribution >= 0.6 is 11.6 Å². The van der Waals surface area contributed by atoms with Gasteiger partial charge in [0.2, 0.25) is 0 Å². The Morgan fingerprint density at radius 1 is 0.927 bits per heavy atom. The Balaban J connectivity index is 1.45. The molecule has 0 fully saturated rings. The second-order valence-corrected chi connectivity index (χ2v) is 13.2. The molecule has 8 heteroatoms. The summed E-state index contributed by atoms with van der Waals surface area (Å²) in [5, 5.41) is 3.34. The summed E-state index contributed by atoms with van der Waals surface area (Å²) >= 11 is 6.16. The van der Waals surface area contributed by atoms with Gasteiger partial charge < -0.3 is 19.5 Å². The first-order valence-electron chi connectivity index (χ1n) is 13.8. The molecule has 2 aliphatic carbocycles. The normalized spacial score (nSPS) is 19.8. The second kappa shape index (κ2) is 10.7. The van der Waals surface area contributed by atoms with Crippen LogP contribution in [-0.4, -0.2) is 31.2 Å². The van der Waals surface area contributed by atoms with Crippen molar-refractivity contribution < 1.29 is 28.6 Å². The zero-order valence-corrected chi connectivity index (χ0v) is 25.2. The molecule has 0 unspecified atom stereocenters. The van der Waals surface area contributed by atoms with Crippen LogP contribution in [0.5, 0.6) is 11.5 Å². The highest BCUT2D eigenvalue weighted by Crippen LogP contribution is 2.53. The summed E-state index contributed by atoms with van der Waals surface area (Å²) in [6.07, 6.45) is 2.01. The molecule has 0 atom stereocenters. The largest absolute Gasteiger partial charge is 0.493 e. The molecule has 216 valence electrons. The summed E-state index contributed by atoms with van der Waals surface area (Å²) in [7, 11) is 1.52. The monoisotopic (exact) mass is 577 g/mol. The standard InChI is InChI=1S/C33H36ClNO6/c1-18-7-9-20(12-21(18)34)35-28(38)17-40-24-10-8-19(11-25(24)39-6)29-30-22(36)13-32(2,3)15-26(30)41-27-16-33(4,5)14-23(37)31(27)29/h7-12,29H,13-17H2,1-6H3,(H,35,38). The number of anilines is 1. The third kappa shape index (κ3) is 5.91. The molecular formula is C33H36ClNO6. The Hall–Kier alpha value is -3.58. The van der Waals surface area contributed by atoms with E-state index in [2.05, 4.69) is 33.0 Å². The summed E-state index contributed by atoms with van der Waals surface area (Å²) in [5.74, 6) is 1.19. The average molecular weight is 578 g/mol. The van der Waals surface area contributed by atoms with Gasteiger partial charge in [0.1, 0.15) is 11.5 Å². The number of carbonyl (C=O) groups excluding carboxylic acids is 3. The van der Waals surface area contributed by atoms with Crippen molar-refractivity contribution in [1.29, 1.82) is 0 Å². The maximum atomic E-state index is 13.5. The molecule has 1 N–H and O–H groups in total. The number of methoxy groups -OCH3 is 1. The Labute approximate surface area is 245 Å². The lowest BCUT2D eigenvalue weighted by atomic mass is 9.65. The molecule has 0 saturated carbocycles. The van der Waals surface area contributed by atoms with Gasteiger partial charge in [-0.1, -0.05) is 51.4 Å². The van der Waals surface area contributed by atoms with E-state index in [0.717, 1.165) is 11.1 Å². The van der Waals surface area contributed by atoms with E-state index in [-0.39, 0.29) is 34.9 Å². The highest BCUT2D eigenvalue weighted by atomic mass is 35.5. The van der Waals surface area contributed by atoms with Gasteiger partial charge in [-0.2, -0.15) is 0 Å². The SMILES string of the molecule is COc1cc(C2C3=C(CC(C)(C)CC3=O)OC3=C2C(=O)CC(C)(C)C3)ccc1OCC(=O)Nc1ccc(C)c(Cl)c1. The maximum Gasteiger partial charge on any atom is 0.262 e. The summed E-state index contributed by atoms with van der Waals surface area (Å²) < 4.78 is 17.8. The minimum atomic E-state index is -0.543. The van der Waals surface area contributed by atoms with Crippen LogP contribution in [0.4, 0.5) is 5.69 Å². The molecule has 0 aromatic heterocycles. The maximum absolute atomic E-state index is 13.5. The van der Waals surface area contributed by atoms with Crippen LogP contribution in [0.15, 0.2) is 59.1 Å². The lowest BCUT2D eigenvalue weighted by molar-refractivity contribution is -0.120. The van der Waals surface area contributed by atoms with E-state index in [1.807, 2.05) is 19.1 Å². The number of halogens is 1. The number of Topliss-reactive ketones (excluding diaryl/α,β-unsaturated/α-hetero) is 2. The Kier molecular flexibility index (Phi) is 7.53. The van der Waals surface area contributed by atoms with Crippen LogP contribution < -0.4 is 14.8 Å². The van der Waals surface area contributed by atoms with Gasteiger partial charge in [-0.15, -0.1) is 0 Å². The fraction of sp³-hybridized carbons (Fsp3) is 0.424. The van der Waals surface area contributed by atoms with Crippen LogP contribution in [0.2, 0.25) is 5.02 Å². The molecule has 1 amide bonds. The van der Waals surface area contributed by atoms with Crippen LogP contribution in [0.3, 0.4) is 0 Å². The van der Waals surface area contributed by atoms with Crippen LogP contribution in [-0.2, 0) is 19.1 Å². The van der Waals surface area contributed by atoms with Crippen molar-refractivity contribution in [2.75, 3.05) is 19.0 Å². The highest BCUT2D eigenvalue weighted by Gasteiger charge is 2.48. The van der Waals surface area contributed by atoms with Crippen molar-refractivity contribution in [3.8, 4) is 11.5 Å². The molecule has 0 saturated heterocycles. The molecule has 41 heavy (non-hydrogen) atoms. The molecule has 2 aromatic carbocycles. The Morgan fingerprint density at radius 3 is 2.10 bits per heavy atom. The van der Waals surface area contributed by atoms with Gasteiger partial charge in [0.25, 0.3) is 5.91 Å². The third-order valence-electron chi connectivity index (χ3n) is 7.92. The van der Waals surface area contributed by atoms with E-state index in [9.17, 15) is 14.4 Å². The average Bonchev–Trinajstić information content (AvgIpc) is 2.87. The lowest BCUT2D eigenvalue weighted by Crippen LogP contribution is -2.37. The number of ketones is 2. The number of allylic oxidation sites excluding steroid dienone is 4. The summed E-state index contributed by atoms with van der Waals surface area (Å²) in [5.41, 5.74) is 2.89. The fourth-order valence-electron chi connectivity index (χ4n) is 6.00. The number of aryl methyl sites for hydroxylation is 1. The molecule has 1 heterocycles. The van der Waals surface area contributed by atoms with Gasteiger partial charge >= 0.3 is 0 Å². The Bertz CT molecular complexity index is 1460. The quantitative estimate of drug-likeness (QED) is 0.395. The number of benzene rings is 2. The van der Waals surface area contributed by atoms with E-state index in [0.29, 0.717) is 70.6 Å². The van der Waals surface area contributed by atoms with Crippen molar-refractivity contribution in [2.45, 2.75) is 66.2 Å². The molecule has 7 nitrogen and oxygen atoms in total. The topological polar surface area (TPSA) is 90.9 Å². The zero-order chi connectivity index (χ0) is 29.7. The number of amides is 1. The van der Waals surface area contributed by atoms with E-state index in [1.165, 1.54) is 7.11 Å². The van der Waals surface area contributed by atoms with Crippen molar-refractivity contribution in [1.82, 2.24) is 0 Å². The number of hydrogen-bond acceptors (Lipinski definition) is 6. The summed E-state index contributed by atoms with van der Waals surface area (Å²) in [6, 6.07) is 10.6. The number of hydrogen-bond donors (Lipinski definition) is 1. The van der Waals surface area contributed by atoms with E-state index >= 15 is 0 Å². The van der Waals surface area contributed by atoms with Gasteiger partial charge in [-0.05, 0) is 53.1 Å². The lowest BCUT2D eigenvalue weighted by Gasteiger charge is -2.42. The molecule has 2 aromatic rings. The van der Waals surface area contributed by atoms with Crippen LogP contribution in [0, 0.1) is 17.8 Å². The first-order chi connectivity index (χ1) is 19.3. The smallest absolute Gasteiger partial charge is 0.262 e. The molecular weight excluding hydrogens is 542 g/mol. The van der Waals surface area contributed by atoms with Gasteiger partial charge in [-0.25, -0.2) is 0 Å². The van der Waals surface area contributed by atoms with Gasteiger partial charge in [0.05, 0.1) is 7.11 Å².